The normalized spacial score (nSPS) is 18.2. The highest BCUT2D eigenvalue weighted by Crippen LogP contribution is 2.29. The molecular formula is C12H16N2O2. The van der Waals surface area contributed by atoms with Gasteiger partial charge in [-0.25, -0.2) is 0 Å². The Morgan fingerprint density at radius 3 is 3.12 bits per heavy atom. The van der Waals surface area contributed by atoms with E-state index in [2.05, 4.69) is 10.6 Å². The Labute approximate surface area is 95.0 Å². The van der Waals surface area contributed by atoms with Gasteiger partial charge in [-0.1, -0.05) is 0 Å². The fourth-order valence-corrected chi connectivity index (χ4v) is 1.80. The molecule has 0 bridgehead atoms. The average Bonchev–Trinajstić information content (AvgIpc) is 2.28. The van der Waals surface area contributed by atoms with E-state index in [4.69, 9.17) is 4.74 Å². The summed E-state index contributed by atoms with van der Waals surface area (Å²) in [6.07, 6.45) is 0. The fraction of sp³-hybridized carbons (Fsp3) is 0.417. The number of nitrogens with one attached hydrogen (secondary N) is 2. The van der Waals surface area contributed by atoms with E-state index in [0.29, 0.717) is 12.2 Å². The van der Waals surface area contributed by atoms with Crippen molar-refractivity contribution in [1.29, 1.82) is 0 Å². The molecule has 4 nitrogen and oxygen atoms in total. The molecule has 86 valence electrons. The van der Waals surface area contributed by atoms with Gasteiger partial charge in [-0.05, 0) is 32.2 Å². The van der Waals surface area contributed by atoms with Crippen LogP contribution in [0, 0.1) is 0 Å². The maximum absolute atomic E-state index is 11.3. The Balaban J connectivity index is 2.21. The number of fused-ring (bicyclic) bond motifs is 1. The molecule has 0 spiro atoms. The Bertz CT molecular complexity index is 404. The zero-order chi connectivity index (χ0) is 11.5. The third kappa shape index (κ3) is 2.17. The number of likely N-dealkylation sites (N-methyl/N-ethyl adjacent to an activating group) is 1. The number of ketones is 1. The topological polar surface area (TPSA) is 50.4 Å². The zero-order valence-electron chi connectivity index (χ0n) is 9.54. The van der Waals surface area contributed by atoms with Gasteiger partial charge >= 0.3 is 0 Å². The van der Waals surface area contributed by atoms with Crippen LogP contribution in [0.4, 0.5) is 5.69 Å². The van der Waals surface area contributed by atoms with Crippen molar-refractivity contribution in [2.24, 2.45) is 0 Å². The summed E-state index contributed by atoms with van der Waals surface area (Å²) < 4.78 is 5.61. The number of hydrogen-bond acceptors (Lipinski definition) is 4. The van der Waals surface area contributed by atoms with E-state index in [1.54, 1.807) is 13.0 Å². The Morgan fingerprint density at radius 2 is 2.44 bits per heavy atom. The van der Waals surface area contributed by atoms with Crippen molar-refractivity contribution in [3.63, 3.8) is 0 Å². The molecule has 4 heteroatoms. The predicted octanol–water partition coefficient (Wildman–Crippen LogP) is 1.28. The van der Waals surface area contributed by atoms with E-state index in [0.717, 1.165) is 18.0 Å². The molecule has 0 fully saturated rings. The molecule has 0 saturated carbocycles. The van der Waals surface area contributed by atoms with Crippen molar-refractivity contribution in [3.05, 3.63) is 23.8 Å². The maximum atomic E-state index is 11.3. The van der Waals surface area contributed by atoms with E-state index in [-0.39, 0.29) is 11.8 Å². The van der Waals surface area contributed by atoms with Crippen LogP contribution in [0.15, 0.2) is 18.2 Å². The molecule has 1 heterocycles. The molecule has 0 amide bonds. The predicted molar refractivity (Wildman–Crippen MR) is 63.3 cm³/mol. The molecule has 1 atom stereocenters. The monoisotopic (exact) mass is 220 g/mol. The highest BCUT2D eigenvalue weighted by atomic mass is 16.5. The van der Waals surface area contributed by atoms with E-state index >= 15 is 0 Å². The molecule has 0 aromatic heterocycles. The largest absolute Gasteiger partial charge is 0.489 e. The zero-order valence-corrected chi connectivity index (χ0v) is 9.54. The van der Waals surface area contributed by atoms with E-state index in [1.807, 2.05) is 19.2 Å². The standard InChI is InChI=1S/C12H16N2O2/c1-8(15)9-3-4-12-11(5-9)14-10(6-13-2)7-16-12/h3-5,10,13-14H,6-7H2,1-2H3. The lowest BCUT2D eigenvalue weighted by molar-refractivity contribution is 0.101. The van der Waals surface area contributed by atoms with Gasteiger partial charge in [0.25, 0.3) is 0 Å². The van der Waals surface area contributed by atoms with Gasteiger partial charge in [0, 0.05) is 12.1 Å². The maximum Gasteiger partial charge on any atom is 0.159 e. The van der Waals surface area contributed by atoms with Crippen LogP contribution in [0.5, 0.6) is 5.75 Å². The molecule has 2 N–H and O–H groups in total. The molecule has 0 radical (unpaired) electrons. The Morgan fingerprint density at radius 1 is 1.62 bits per heavy atom. The van der Waals surface area contributed by atoms with E-state index in [9.17, 15) is 4.79 Å². The quantitative estimate of drug-likeness (QED) is 0.753. The SMILES string of the molecule is CNCC1COc2ccc(C(C)=O)cc2N1. The fourth-order valence-electron chi connectivity index (χ4n) is 1.80. The van der Waals surface area contributed by atoms with Crippen LogP contribution in [0.1, 0.15) is 17.3 Å². The van der Waals surface area contributed by atoms with Crippen molar-refractivity contribution < 1.29 is 9.53 Å². The number of hydrogen-bond donors (Lipinski definition) is 2. The Hall–Kier alpha value is -1.55. The molecular weight excluding hydrogens is 204 g/mol. The number of Topliss-reactive ketones (excluding diaryl/α,β-unsaturated/α-hetero) is 1. The summed E-state index contributed by atoms with van der Waals surface area (Å²) in [6, 6.07) is 5.73. The molecule has 1 aromatic carbocycles. The smallest absolute Gasteiger partial charge is 0.159 e. The van der Waals surface area contributed by atoms with Crippen LogP contribution < -0.4 is 15.4 Å². The van der Waals surface area contributed by atoms with Crippen LogP contribution in [0.2, 0.25) is 0 Å². The molecule has 0 aliphatic carbocycles. The van der Waals surface area contributed by atoms with E-state index in [1.165, 1.54) is 0 Å². The first-order valence-corrected chi connectivity index (χ1v) is 5.39. The van der Waals surface area contributed by atoms with Gasteiger partial charge in [0.1, 0.15) is 12.4 Å². The van der Waals surface area contributed by atoms with Crippen molar-refractivity contribution in [3.8, 4) is 5.75 Å². The number of anilines is 1. The molecule has 1 aliphatic rings. The summed E-state index contributed by atoms with van der Waals surface area (Å²) in [5.74, 6) is 0.887. The summed E-state index contributed by atoms with van der Waals surface area (Å²) in [5, 5.41) is 6.45. The van der Waals surface area contributed by atoms with Crippen LogP contribution in [-0.4, -0.2) is 32.0 Å². The molecule has 1 unspecified atom stereocenters. The van der Waals surface area contributed by atoms with E-state index < -0.39 is 0 Å². The average molecular weight is 220 g/mol. The van der Waals surface area contributed by atoms with Crippen molar-refractivity contribution in [2.45, 2.75) is 13.0 Å². The number of carbonyl (C=O) groups excluding carboxylic acids is 1. The van der Waals surface area contributed by atoms with Crippen molar-refractivity contribution in [1.82, 2.24) is 5.32 Å². The number of benzene rings is 1. The molecule has 0 saturated heterocycles. The molecule has 2 rings (SSSR count). The highest BCUT2D eigenvalue weighted by molar-refractivity contribution is 5.95. The van der Waals surface area contributed by atoms with Gasteiger partial charge in [-0.2, -0.15) is 0 Å². The molecule has 1 aliphatic heterocycles. The summed E-state index contributed by atoms with van der Waals surface area (Å²) in [5.41, 5.74) is 1.61. The summed E-state index contributed by atoms with van der Waals surface area (Å²) in [4.78, 5) is 11.3. The van der Waals surface area contributed by atoms with Crippen molar-refractivity contribution >= 4 is 11.5 Å². The second-order valence-corrected chi connectivity index (χ2v) is 3.98. The minimum atomic E-state index is 0.0698. The number of ether oxygens (including phenoxy) is 1. The summed E-state index contributed by atoms with van der Waals surface area (Å²) in [6.45, 7) is 3.05. The summed E-state index contributed by atoms with van der Waals surface area (Å²) in [7, 11) is 1.91. The molecule has 1 aromatic rings. The first kappa shape index (κ1) is 11.0. The van der Waals surface area contributed by atoms with Crippen LogP contribution in [0.3, 0.4) is 0 Å². The van der Waals surface area contributed by atoms with Crippen LogP contribution >= 0.6 is 0 Å². The van der Waals surface area contributed by atoms with Gasteiger partial charge in [0.05, 0.1) is 11.7 Å². The Kier molecular flexibility index (Phi) is 3.10. The minimum absolute atomic E-state index is 0.0698. The molecule has 16 heavy (non-hydrogen) atoms. The number of carbonyl (C=O) groups is 1. The lowest BCUT2D eigenvalue weighted by atomic mass is 10.1. The lowest BCUT2D eigenvalue weighted by Gasteiger charge is -2.27. The second kappa shape index (κ2) is 4.53. The first-order chi connectivity index (χ1) is 7.70. The van der Waals surface area contributed by atoms with Gasteiger partial charge in [0.15, 0.2) is 5.78 Å². The van der Waals surface area contributed by atoms with Gasteiger partial charge in [-0.3, -0.25) is 4.79 Å². The summed E-state index contributed by atoms with van der Waals surface area (Å²) >= 11 is 0. The highest BCUT2D eigenvalue weighted by Gasteiger charge is 2.18. The van der Waals surface area contributed by atoms with Gasteiger partial charge < -0.3 is 15.4 Å². The first-order valence-electron chi connectivity index (χ1n) is 5.39. The van der Waals surface area contributed by atoms with Gasteiger partial charge in [0.2, 0.25) is 0 Å². The lowest BCUT2D eigenvalue weighted by Crippen LogP contribution is -2.39. The number of rotatable bonds is 3. The van der Waals surface area contributed by atoms with Crippen LogP contribution in [0.25, 0.3) is 0 Å². The third-order valence-corrected chi connectivity index (χ3v) is 2.64. The van der Waals surface area contributed by atoms with Crippen LogP contribution in [-0.2, 0) is 0 Å². The van der Waals surface area contributed by atoms with Gasteiger partial charge in [-0.15, -0.1) is 0 Å². The second-order valence-electron chi connectivity index (χ2n) is 3.98. The minimum Gasteiger partial charge on any atom is -0.489 e. The third-order valence-electron chi connectivity index (χ3n) is 2.64. The van der Waals surface area contributed by atoms with Crippen molar-refractivity contribution in [2.75, 3.05) is 25.5 Å².